The number of amides is 2. The molecule has 188 valence electrons. The van der Waals surface area contributed by atoms with Gasteiger partial charge in [0.05, 0.1) is 17.5 Å². The zero-order valence-electron chi connectivity index (χ0n) is 19.1. The second kappa shape index (κ2) is 10.7. The number of aromatic amines is 1. The number of carbonyl (C=O) groups excluding carboxylic acids is 3. The second-order valence-corrected chi connectivity index (χ2v) is 8.53. The first-order valence-corrected chi connectivity index (χ1v) is 11.4. The molecule has 0 saturated carbocycles. The van der Waals surface area contributed by atoms with Crippen LogP contribution in [-0.2, 0) is 9.59 Å². The fourth-order valence-corrected chi connectivity index (χ4v) is 4.35. The van der Waals surface area contributed by atoms with Crippen LogP contribution in [0.3, 0.4) is 0 Å². The normalized spacial score (nSPS) is 15.5. The van der Waals surface area contributed by atoms with Gasteiger partial charge in [0.2, 0.25) is 12.2 Å². The van der Waals surface area contributed by atoms with E-state index in [0.29, 0.717) is 23.6 Å². The third-order valence-corrected chi connectivity index (χ3v) is 5.95. The monoisotopic (exact) mass is 499 g/mol. The van der Waals surface area contributed by atoms with Gasteiger partial charge in [-0.2, -0.15) is 18.3 Å². The molecular formula is C25H24F3N5O3. The van der Waals surface area contributed by atoms with Crippen molar-refractivity contribution in [3.05, 3.63) is 53.6 Å². The summed E-state index contributed by atoms with van der Waals surface area (Å²) in [6.07, 6.45) is -1.51. The number of benzene rings is 2. The average Bonchev–Trinajstić information content (AvgIpc) is 3.14. The molecule has 0 spiro atoms. The van der Waals surface area contributed by atoms with Crippen molar-refractivity contribution >= 4 is 40.9 Å². The summed E-state index contributed by atoms with van der Waals surface area (Å²) in [5.74, 6) is 0.0897. The van der Waals surface area contributed by atoms with E-state index in [-0.39, 0.29) is 11.8 Å². The van der Waals surface area contributed by atoms with Crippen molar-refractivity contribution in [1.82, 2.24) is 15.7 Å². The van der Waals surface area contributed by atoms with Gasteiger partial charge in [-0.25, -0.2) is 5.43 Å². The number of halogens is 3. The molecule has 0 radical (unpaired) electrons. The maximum atomic E-state index is 12.6. The molecule has 3 heterocycles. The molecule has 0 bridgehead atoms. The topological polar surface area (TPSA) is 115 Å². The number of nitrogens with one attached hydrogen (secondary N) is 4. The zero-order chi connectivity index (χ0) is 25.7. The third-order valence-electron chi connectivity index (χ3n) is 5.95. The van der Waals surface area contributed by atoms with Gasteiger partial charge in [0.15, 0.2) is 0 Å². The lowest BCUT2D eigenvalue weighted by molar-refractivity contribution is -0.156. The summed E-state index contributed by atoms with van der Waals surface area (Å²) >= 11 is 0. The summed E-state index contributed by atoms with van der Waals surface area (Å²) in [6, 6.07) is 13.5. The van der Waals surface area contributed by atoms with E-state index in [2.05, 4.69) is 26.1 Å². The number of hydrazone groups is 1. The summed E-state index contributed by atoms with van der Waals surface area (Å²) in [7, 11) is 0. The molecule has 3 aromatic rings. The Labute approximate surface area is 204 Å². The van der Waals surface area contributed by atoms with E-state index in [0.717, 1.165) is 53.7 Å². The molecule has 0 atom stereocenters. The molecule has 2 aromatic carbocycles. The van der Waals surface area contributed by atoms with Crippen LogP contribution in [0.5, 0.6) is 0 Å². The Morgan fingerprint density at radius 3 is 2.50 bits per heavy atom. The van der Waals surface area contributed by atoms with E-state index in [4.69, 9.17) is 4.79 Å². The number of piperidine rings is 1. The lowest BCUT2D eigenvalue weighted by Crippen LogP contribution is -2.30. The number of nitrogens with zero attached hydrogens (tertiary/aromatic N) is 1. The number of alkyl halides is 3. The Bertz CT molecular complexity index is 1300. The van der Waals surface area contributed by atoms with Crippen LogP contribution in [0.4, 0.5) is 18.9 Å². The van der Waals surface area contributed by atoms with Crippen LogP contribution < -0.4 is 16.1 Å². The van der Waals surface area contributed by atoms with Crippen LogP contribution in [0.25, 0.3) is 22.2 Å². The molecule has 5 rings (SSSR count). The Kier molecular flexibility index (Phi) is 7.49. The summed E-state index contributed by atoms with van der Waals surface area (Å²) in [4.78, 5) is 37.4. The highest BCUT2D eigenvalue weighted by Crippen LogP contribution is 2.34. The van der Waals surface area contributed by atoms with Crippen LogP contribution in [0.1, 0.15) is 35.2 Å². The van der Waals surface area contributed by atoms with Gasteiger partial charge in [-0.05, 0) is 49.5 Å². The first-order chi connectivity index (χ1) is 17.2. The van der Waals surface area contributed by atoms with Gasteiger partial charge in [-0.1, -0.05) is 30.3 Å². The largest absolute Gasteiger partial charge is 0.446 e. The standard InChI is InChI=1S/C23H23N5O2.C2HF3O/c29-20(10-14-6-8-24-9-7-14)26-16-11-17-21-18(13-25-28-23(17)30)22(27-19(21)12-16)15-4-2-1-3-5-15;3-2(4,5)1-6/h1-5,11-14,24,27H,6-10H2,(H,26,29)(H,28,30);1H. The molecule has 2 aliphatic rings. The van der Waals surface area contributed by atoms with E-state index in [1.54, 1.807) is 12.3 Å². The SMILES string of the molecule is O=C(CC1CCNCC1)Nc1cc2c3c(c(-c4ccccc4)[nH]c3c1)C=NNC2=O.O=CC(F)(F)F. The molecule has 0 aliphatic carbocycles. The number of H-pyrrole nitrogens is 1. The highest BCUT2D eigenvalue weighted by atomic mass is 19.4. The van der Waals surface area contributed by atoms with Crippen LogP contribution in [0.2, 0.25) is 0 Å². The van der Waals surface area contributed by atoms with Crippen LogP contribution in [0.15, 0.2) is 47.6 Å². The number of hydrogen-bond donors (Lipinski definition) is 4. The minimum absolute atomic E-state index is 0.0196. The molecule has 4 N–H and O–H groups in total. The van der Waals surface area contributed by atoms with E-state index in [1.807, 2.05) is 36.4 Å². The minimum Gasteiger partial charge on any atom is -0.354 e. The fourth-order valence-electron chi connectivity index (χ4n) is 4.35. The van der Waals surface area contributed by atoms with Crippen molar-refractivity contribution in [2.75, 3.05) is 18.4 Å². The lowest BCUT2D eigenvalue weighted by atomic mass is 9.94. The Hall–Kier alpha value is -3.99. The second-order valence-electron chi connectivity index (χ2n) is 8.53. The van der Waals surface area contributed by atoms with Gasteiger partial charge >= 0.3 is 6.18 Å². The summed E-state index contributed by atoms with van der Waals surface area (Å²) in [5, 5.41) is 11.2. The Morgan fingerprint density at radius 2 is 1.83 bits per heavy atom. The van der Waals surface area contributed by atoms with Gasteiger partial charge < -0.3 is 15.6 Å². The molecule has 1 saturated heterocycles. The maximum Gasteiger partial charge on any atom is 0.446 e. The van der Waals surface area contributed by atoms with Crippen molar-refractivity contribution in [2.24, 2.45) is 11.0 Å². The predicted molar refractivity (Wildman–Crippen MR) is 130 cm³/mol. The van der Waals surface area contributed by atoms with Crippen molar-refractivity contribution in [1.29, 1.82) is 0 Å². The molecule has 8 nitrogen and oxygen atoms in total. The summed E-state index contributed by atoms with van der Waals surface area (Å²) < 4.78 is 31.2. The van der Waals surface area contributed by atoms with Gasteiger partial charge in [-0.3, -0.25) is 14.4 Å². The molecule has 11 heteroatoms. The minimum atomic E-state index is -4.64. The fraction of sp³-hybridized carbons (Fsp3) is 0.280. The number of carbonyl (C=O) groups is 3. The summed E-state index contributed by atoms with van der Waals surface area (Å²) in [6.45, 7) is 1.92. The van der Waals surface area contributed by atoms with Crippen LogP contribution in [-0.4, -0.2) is 48.6 Å². The Balaban J connectivity index is 0.000000455. The summed E-state index contributed by atoms with van der Waals surface area (Å²) in [5.41, 5.74) is 7.22. The van der Waals surface area contributed by atoms with Crippen molar-refractivity contribution in [2.45, 2.75) is 25.4 Å². The molecule has 2 aliphatic heterocycles. The van der Waals surface area contributed by atoms with Gasteiger partial charge in [-0.15, -0.1) is 0 Å². The molecule has 1 fully saturated rings. The number of hydrogen-bond acceptors (Lipinski definition) is 5. The van der Waals surface area contributed by atoms with E-state index in [1.165, 1.54) is 0 Å². The van der Waals surface area contributed by atoms with E-state index in [9.17, 15) is 22.8 Å². The number of aromatic nitrogens is 1. The highest BCUT2D eigenvalue weighted by molar-refractivity contribution is 6.18. The molecule has 36 heavy (non-hydrogen) atoms. The predicted octanol–water partition coefficient (Wildman–Crippen LogP) is 3.99. The first-order valence-electron chi connectivity index (χ1n) is 11.4. The molecule has 0 unspecified atom stereocenters. The van der Waals surface area contributed by atoms with Gasteiger partial charge in [0.1, 0.15) is 0 Å². The van der Waals surface area contributed by atoms with Gasteiger partial charge in [0, 0.05) is 28.6 Å². The zero-order valence-corrected chi connectivity index (χ0v) is 19.1. The van der Waals surface area contributed by atoms with Crippen molar-refractivity contribution < 1.29 is 27.6 Å². The Morgan fingerprint density at radius 1 is 1.14 bits per heavy atom. The molecule has 1 aromatic heterocycles. The smallest absolute Gasteiger partial charge is 0.354 e. The molecular weight excluding hydrogens is 475 g/mol. The van der Waals surface area contributed by atoms with Crippen LogP contribution >= 0.6 is 0 Å². The van der Waals surface area contributed by atoms with Crippen molar-refractivity contribution in [3.63, 3.8) is 0 Å². The quantitative estimate of drug-likeness (QED) is 0.407. The first kappa shape index (κ1) is 25.1. The third kappa shape index (κ3) is 5.98. The number of rotatable bonds is 4. The van der Waals surface area contributed by atoms with E-state index < -0.39 is 12.5 Å². The maximum absolute atomic E-state index is 12.6. The molecule has 2 amide bonds. The van der Waals surface area contributed by atoms with Gasteiger partial charge in [0.25, 0.3) is 5.91 Å². The number of aldehydes is 1. The highest BCUT2D eigenvalue weighted by Gasteiger charge is 2.25. The van der Waals surface area contributed by atoms with E-state index >= 15 is 0 Å². The van der Waals surface area contributed by atoms with Crippen molar-refractivity contribution in [3.8, 4) is 11.3 Å². The average molecular weight is 499 g/mol. The number of anilines is 1. The lowest BCUT2D eigenvalue weighted by Gasteiger charge is -2.22. The van der Waals surface area contributed by atoms with Crippen LogP contribution in [0, 0.1) is 5.92 Å².